The molecule has 0 N–H and O–H groups in total. The number of benzene rings is 1. The van der Waals surface area contributed by atoms with Crippen molar-refractivity contribution < 1.29 is 4.74 Å². The van der Waals surface area contributed by atoms with Crippen LogP contribution in [0.25, 0.3) is 0 Å². The molecule has 2 atom stereocenters. The molecule has 0 radical (unpaired) electrons. The van der Waals surface area contributed by atoms with Crippen LogP contribution in [-0.2, 0) is 0 Å². The van der Waals surface area contributed by atoms with Crippen LogP contribution in [0, 0.1) is 0 Å². The fourth-order valence-corrected chi connectivity index (χ4v) is 2.54. The minimum Gasteiger partial charge on any atom is -0.491 e. The molecule has 92 valence electrons. The average molecular weight is 296 g/mol. The van der Waals surface area contributed by atoms with E-state index in [2.05, 4.69) is 46.8 Å². The first-order chi connectivity index (χ1) is 8.18. The normalized spacial score (nSPS) is 24.2. The van der Waals surface area contributed by atoms with Crippen LogP contribution in [0.15, 0.2) is 40.9 Å². The number of hydrogen-bond donors (Lipinski definition) is 0. The minimum atomic E-state index is 0.521. The van der Waals surface area contributed by atoms with Gasteiger partial charge >= 0.3 is 0 Å². The highest BCUT2D eigenvalue weighted by molar-refractivity contribution is 9.10. The molecular weight excluding hydrogens is 278 g/mol. The fraction of sp³-hybridized carbons (Fsp3) is 0.429. The zero-order chi connectivity index (χ0) is 12.3. The van der Waals surface area contributed by atoms with Gasteiger partial charge in [-0.05, 0) is 41.9 Å². The zero-order valence-electron chi connectivity index (χ0n) is 10.3. The summed E-state index contributed by atoms with van der Waals surface area (Å²) in [4.78, 5) is 2.43. The molecule has 1 aliphatic rings. The van der Waals surface area contributed by atoms with Gasteiger partial charge in [-0.3, -0.25) is 4.90 Å². The van der Waals surface area contributed by atoms with Gasteiger partial charge in [-0.2, -0.15) is 0 Å². The summed E-state index contributed by atoms with van der Waals surface area (Å²) in [6, 6.07) is 9.01. The highest BCUT2D eigenvalue weighted by Gasteiger charge is 2.21. The molecule has 0 amide bonds. The van der Waals surface area contributed by atoms with Gasteiger partial charge in [0.25, 0.3) is 0 Å². The van der Waals surface area contributed by atoms with Crippen LogP contribution in [0.2, 0.25) is 0 Å². The molecule has 0 spiro atoms. The molecule has 0 saturated heterocycles. The number of ether oxygens (including phenoxy) is 1. The molecule has 1 aromatic carbocycles. The van der Waals surface area contributed by atoms with Gasteiger partial charge in [0.2, 0.25) is 0 Å². The van der Waals surface area contributed by atoms with E-state index in [0.29, 0.717) is 12.1 Å². The van der Waals surface area contributed by atoms with Gasteiger partial charge in [0.1, 0.15) is 12.4 Å². The third-order valence-corrected chi connectivity index (χ3v) is 3.81. The molecule has 0 bridgehead atoms. The first kappa shape index (κ1) is 12.7. The predicted octanol–water partition coefficient (Wildman–Crippen LogP) is 3.48. The Balaban J connectivity index is 1.82. The lowest BCUT2D eigenvalue weighted by molar-refractivity contribution is 0.180. The van der Waals surface area contributed by atoms with E-state index in [1.165, 1.54) is 0 Å². The summed E-state index contributed by atoms with van der Waals surface area (Å²) >= 11 is 3.48. The Kier molecular flexibility index (Phi) is 4.24. The second-order valence-electron chi connectivity index (χ2n) is 4.38. The first-order valence-corrected chi connectivity index (χ1v) is 6.79. The van der Waals surface area contributed by atoms with Crippen molar-refractivity contribution >= 4 is 15.9 Å². The number of para-hydroxylation sites is 1. The smallest absolute Gasteiger partial charge is 0.133 e. The van der Waals surface area contributed by atoms with Crippen LogP contribution < -0.4 is 4.74 Å². The van der Waals surface area contributed by atoms with Crippen LogP contribution in [0.4, 0.5) is 0 Å². The van der Waals surface area contributed by atoms with Gasteiger partial charge in [0.05, 0.1) is 4.47 Å². The molecule has 1 aliphatic heterocycles. The summed E-state index contributed by atoms with van der Waals surface area (Å²) in [5.74, 6) is 0.917. The van der Waals surface area contributed by atoms with Crippen molar-refractivity contribution in [1.82, 2.24) is 4.90 Å². The Labute approximate surface area is 111 Å². The Morgan fingerprint density at radius 3 is 2.47 bits per heavy atom. The van der Waals surface area contributed by atoms with Crippen molar-refractivity contribution in [3.8, 4) is 5.75 Å². The lowest BCUT2D eigenvalue weighted by Gasteiger charge is -2.26. The lowest BCUT2D eigenvalue weighted by Crippen LogP contribution is -2.36. The first-order valence-electron chi connectivity index (χ1n) is 6.00. The van der Waals surface area contributed by atoms with Crippen molar-refractivity contribution in [2.75, 3.05) is 13.2 Å². The predicted molar refractivity (Wildman–Crippen MR) is 74.4 cm³/mol. The zero-order valence-corrected chi connectivity index (χ0v) is 11.9. The Hall–Kier alpha value is -0.800. The highest BCUT2D eigenvalue weighted by Crippen LogP contribution is 2.24. The Morgan fingerprint density at radius 1 is 1.18 bits per heavy atom. The standard InChI is InChI=1S/C14H18BrNO/c1-11-7-8-12(2)16(11)9-10-17-14-6-4-3-5-13(14)15/h3-8,11-12H,9-10H2,1-2H3/t11-,12-/m1/s1. The third-order valence-electron chi connectivity index (χ3n) is 3.16. The van der Waals surface area contributed by atoms with Crippen LogP contribution in [0.5, 0.6) is 5.75 Å². The molecular formula is C14H18BrNO. The second kappa shape index (κ2) is 5.69. The van der Waals surface area contributed by atoms with Crippen LogP contribution in [0.3, 0.4) is 0 Å². The molecule has 1 aromatic rings. The van der Waals surface area contributed by atoms with Crippen molar-refractivity contribution in [1.29, 1.82) is 0 Å². The van der Waals surface area contributed by atoms with E-state index in [9.17, 15) is 0 Å². The van der Waals surface area contributed by atoms with Crippen molar-refractivity contribution in [3.05, 3.63) is 40.9 Å². The Morgan fingerprint density at radius 2 is 1.82 bits per heavy atom. The fourth-order valence-electron chi connectivity index (χ4n) is 2.14. The third kappa shape index (κ3) is 3.11. The summed E-state index contributed by atoms with van der Waals surface area (Å²) in [7, 11) is 0. The van der Waals surface area contributed by atoms with Gasteiger partial charge < -0.3 is 4.74 Å². The topological polar surface area (TPSA) is 12.5 Å². The summed E-state index contributed by atoms with van der Waals surface area (Å²) in [6.45, 7) is 6.12. The van der Waals surface area contributed by atoms with Crippen molar-refractivity contribution in [3.63, 3.8) is 0 Å². The molecule has 0 aliphatic carbocycles. The van der Waals surface area contributed by atoms with E-state index in [1.54, 1.807) is 0 Å². The van der Waals surface area contributed by atoms with E-state index in [4.69, 9.17) is 4.74 Å². The Bertz CT molecular complexity index is 393. The van der Waals surface area contributed by atoms with Crippen LogP contribution in [-0.4, -0.2) is 30.1 Å². The molecule has 0 unspecified atom stereocenters. The average Bonchev–Trinajstić information content (AvgIpc) is 2.63. The largest absolute Gasteiger partial charge is 0.491 e. The van der Waals surface area contributed by atoms with Gasteiger partial charge in [-0.1, -0.05) is 24.3 Å². The van der Waals surface area contributed by atoms with Crippen LogP contribution >= 0.6 is 15.9 Å². The maximum absolute atomic E-state index is 5.78. The van der Waals surface area contributed by atoms with Gasteiger partial charge in [-0.25, -0.2) is 0 Å². The summed E-state index contributed by atoms with van der Waals surface area (Å²) < 4.78 is 6.79. The molecule has 0 saturated carbocycles. The molecule has 2 rings (SSSR count). The van der Waals surface area contributed by atoms with Gasteiger partial charge in [0.15, 0.2) is 0 Å². The number of halogens is 1. The summed E-state index contributed by atoms with van der Waals surface area (Å²) in [5, 5.41) is 0. The summed E-state index contributed by atoms with van der Waals surface area (Å²) in [6.07, 6.45) is 4.51. The van der Waals surface area contributed by atoms with E-state index in [1.807, 2.05) is 24.3 Å². The van der Waals surface area contributed by atoms with Gasteiger partial charge in [0, 0.05) is 18.6 Å². The van der Waals surface area contributed by atoms with E-state index < -0.39 is 0 Å². The molecule has 1 heterocycles. The number of hydrogen-bond acceptors (Lipinski definition) is 2. The number of nitrogens with zero attached hydrogens (tertiary/aromatic N) is 1. The second-order valence-corrected chi connectivity index (χ2v) is 5.24. The van der Waals surface area contributed by atoms with Gasteiger partial charge in [-0.15, -0.1) is 0 Å². The number of rotatable bonds is 4. The van der Waals surface area contributed by atoms with E-state index >= 15 is 0 Å². The summed E-state index contributed by atoms with van der Waals surface area (Å²) in [5.41, 5.74) is 0. The monoisotopic (exact) mass is 295 g/mol. The molecule has 2 nitrogen and oxygen atoms in total. The molecule has 3 heteroatoms. The molecule has 0 fully saturated rings. The lowest BCUT2D eigenvalue weighted by atomic mass is 10.3. The maximum atomic E-state index is 5.78. The SMILES string of the molecule is C[C@@H]1C=C[C@@H](C)N1CCOc1ccccc1Br. The molecule has 0 aromatic heterocycles. The quantitative estimate of drug-likeness (QED) is 0.789. The maximum Gasteiger partial charge on any atom is 0.133 e. The van der Waals surface area contributed by atoms with E-state index in [-0.39, 0.29) is 0 Å². The van der Waals surface area contributed by atoms with Crippen LogP contribution in [0.1, 0.15) is 13.8 Å². The molecule has 17 heavy (non-hydrogen) atoms. The van der Waals surface area contributed by atoms with E-state index in [0.717, 1.165) is 23.4 Å². The highest BCUT2D eigenvalue weighted by atomic mass is 79.9. The van der Waals surface area contributed by atoms with Crippen molar-refractivity contribution in [2.45, 2.75) is 25.9 Å². The van der Waals surface area contributed by atoms with Crippen molar-refractivity contribution in [2.24, 2.45) is 0 Å². The minimum absolute atomic E-state index is 0.521.